The summed E-state index contributed by atoms with van der Waals surface area (Å²) in [4.78, 5) is 85.4. The number of urea groups is 1. The van der Waals surface area contributed by atoms with Crippen molar-refractivity contribution in [3.05, 3.63) is 190 Å². The Kier molecular flexibility index (Phi) is 16.1. The number of hydrogen-bond acceptors (Lipinski definition) is 13. The maximum absolute atomic E-state index is 17.2. The van der Waals surface area contributed by atoms with Crippen LogP contribution in [0, 0.1) is 23.7 Å². The van der Waals surface area contributed by atoms with Gasteiger partial charge < -0.3 is 39.0 Å². The number of nitrogens with zero attached hydrogens (tertiary/aromatic N) is 4. The van der Waals surface area contributed by atoms with Crippen LogP contribution < -0.4 is 24.4 Å². The van der Waals surface area contributed by atoms with Crippen molar-refractivity contribution >= 4 is 35.5 Å². The standard InChI is InChI=1S/C64H65N5O11/c1-40(2)54(60(72)78-6)65-63(75)68-49-29-28-41(21-18-31-66(3)38-42-19-10-7-11-20-42)35-48(49)64(62(68)74)53(59(71)67-32-30-45-36-51(76-4)52(77-5)37-46(45)39-67)56-61(73)80-57(44-24-14-9-15-25-44)55(43-22-12-8-13-23-43)69(56)58(64)47-26-16-17-27-50(47)79-34-33-70/h7-17,19-20,22-29,35-37,40,53-58,70H,30-34,38-39H2,1-6H3,(H,65,75)/t53-,54+,55-,56-,57+,58+,64-/m1/s1. The Morgan fingerprint density at radius 1 is 0.800 bits per heavy atom. The second-order valence-electron chi connectivity index (χ2n) is 20.9. The summed E-state index contributed by atoms with van der Waals surface area (Å²) in [5, 5.41) is 13.1. The average Bonchev–Trinajstić information content (AvgIpc) is 4.02. The van der Waals surface area contributed by atoms with Gasteiger partial charge in [0.2, 0.25) is 11.8 Å². The lowest BCUT2D eigenvalue weighted by Crippen LogP contribution is -2.58. The lowest BCUT2D eigenvalue weighted by Gasteiger charge is -2.46. The third-order valence-electron chi connectivity index (χ3n) is 15.8. The highest BCUT2D eigenvalue weighted by Crippen LogP contribution is 2.67. The van der Waals surface area contributed by atoms with Crippen LogP contribution in [0.2, 0.25) is 0 Å². The van der Waals surface area contributed by atoms with Crippen molar-refractivity contribution < 1.29 is 52.8 Å². The summed E-state index contributed by atoms with van der Waals surface area (Å²) in [5.74, 6) is 2.96. The zero-order chi connectivity index (χ0) is 56.2. The summed E-state index contributed by atoms with van der Waals surface area (Å²) in [6, 6.07) is 39.0. The Labute approximate surface area is 466 Å². The third kappa shape index (κ3) is 10.0. The molecular formula is C64H65N5O11. The van der Waals surface area contributed by atoms with Gasteiger partial charge in [0.05, 0.1) is 58.2 Å². The molecule has 0 bridgehead atoms. The summed E-state index contributed by atoms with van der Waals surface area (Å²) < 4.78 is 29.7. The molecule has 4 aliphatic rings. The van der Waals surface area contributed by atoms with Crippen molar-refractivity contribution in [2.45, 2.75) is 69.0 Å². The number of aliphatic hydroxyl groups excluding tert-OH is 1. The SMILES string of the molecule is COC(=O)[C@@H](NC(=O)N1C(=O)[C@@]2(c3cc(C#CCN(C)Cc4ccccc4)ccc31)[C@H](c1ccccc1OCCO)N1[C@H](c3ccccc3)[C@H](c3ccccc3)OC(=O)[C@H]1[C@@H]2C(=O)N1CCc2cc(OC)c(OC)cc2C1)C(C)C. The van der Waals surface area contributed by atoms with Gasteiger partial charge in [0, 0.05) is 30.8 Å². The first-order chi connectivity index (χ1) is 38.8. The van der Waals surface area contributed by atoms with Gasteiger partial charge in [-0.05, 0) is 89.2 Å². The molecule has 7 atom stereocenters. The molecule has 412 valence electrons. The molecule has 6 aromatic carbocycles. The molecule has 0 unspecified atom stereocenters. The van der Waals surface area contributed by atoms with Gasteiger partial charge >= 0.3 is 18.0 Å². The summed E-state index contributed by atoms with van der Waals surface area (Å²) in [7, 11) is 6.29. The van der Waals surface area contributed by atoms with Crippen LogP contribution in [0.4, 0.5) is 10.5 Å². The lowest BCUT2D eigenvalue weighted by atomic mass is 9.64. The molecule has 2 fully saturated rings. The number of amides is 4. The lowest BCUT2D eigenvalue weighted by molar-refractivity contribution is -0.179. The van der Waals surface area contributed by atoms with Crippen LogP contribution in [0.1, 0.15) is 76.5 Å². The summed E-state index contributed by atoms with van der Waals surface area (Å²) in [5.41, 5.74) is 3.26. The maximum Gasteiger partial charge on any atom is 0.329 e. The quantitative estimate of drug-likeness (QED) is 0.0756. The van der Waals surface area contributed by atoms with E-state index in [9.17, 15) is 9.90 Å². The minimum Gasteiger partial charge on any atom is -0.493 e. The maximum atomic E-state index is 17.2. The van der Waals surface area contributed by atoms with Gasteiger partial charge in [0.1, 0.15) is 36.0 Å². The average molecular weight is 1080 g/mol. The van der Waals surface area contributed by atoms with E-state index in [-0.39, 0.29) is 43.3 Å². The number of nitrogens with one attached hydrogen (secondary N) is 1. The molecule has 0 aromatic heterocycles. The number of carbonyl (C=O) groups is 5. The molecule has 1 spiro atoms. The Balaban J connectivity index is 1.26. The van der Waals surface area contributed by atoms with Crippen molar-refractivity contribution in [2.24, 2.45) is 11.8 Å². The van der Waals surface area contributed by atoms with Crippen LogP contribution >= 0.6 is 0 Å². The van der Waals surface area contributed by atoms with E-state index in [0.717, 1.165) is 21.6 Å². The Bertz CT molecular complexity index is 3350. The number of morpholine rings is 1. The molecule has 2 N–H and O–H groups in total. The van der Waals surface area contributed by atoms with E-state index >= 15 is 19.2 Å². The smallest absolute Gasteiger partial charge is 0.329 e. The number of cyclic esters (lactones) is 1. The first-order valence-corrected chi connectivity index (χ1v) is 26.9. The van der Waals surface area contributed by atoms with Crippen molar-refractivity contribution in [3.63, 3.8) is 0 Å². The molecule has 80 heavy (non-hydrogen) atoms. The fourth-order valence-electron chi connectivity index (χ4n) is 12.2. The number of fused-ring (bicyclic) bond motifs is 4. The molecule has 0 radical (unpaired) electrons. The normalized spacial score (nSPS) is 21.4. The minimum absolute atomic E-state index is 0.0704. The number of benzene rings is 6. The molecule has 4 aliphatic heterocycles. The number of aliphatic hydroxyl groups is 1. The van der Waals surface area contributed by atoms with Gasteiger partial charge in [-0.1, -0.05) is 135 Å². The minimum atomic E-state index is -2.18. The molecule has 4 amide bonds. The number of para-hydroxylation sites is 1. The van der Waals surface area contributed by atoms with Crippen LogP contribution in [0.15, 0.2) is 146 Å². The van der Waals surface area contributed by atoms with Crippen molar-refractivity contribution in [3.8, 4) is 29.1 Å². The number of methoxy groups -OCH3 is 3. The van der Waals surface area contributed by atoms with Crippen LogP contribution in [0.25, 0.3) is 0 Å². The van der Waals surface area contributed by atoms with Crippen LogP contribution in [0.3, 0.4) is 0 Å². The van der Waals surface area contributed by atoms with Crippen LogP contribution in [-0.2, 0) is 53.6 Å². The zero-order valence-corrected chi connectivity index (χ0v) is 45.7. The van der Waals surface area contributed by atoms with Gasteiger partial charge in [0.15, 0.2) is 11.5 Å². The van der Waals surface area contributed by atoms with E-state index in [1.807, 2.05) is 115 Å². The van der Waals surface area contributed by atoms with Gasteiger partial charge in [-0.2, -0.15) is 0 Å². The van der Waals surface area contributed by atoms with Gasteiger partial charge in [-0.25, -0.2) is 14.5 Å². The molecule has 6 aromatic rings. The fourth-order valence-corrected chi connectivity index (χ4v) is 12.2. The Morgan fingerprint density at radius 2 is 1.45 bits per heavy atom. The largest absolute Gasteiger partial charge is 0.493 e. The number of imide groups is 1. The number of anilines is 1. The molecular weight excluding hydrogens is 1010 g/mol. The van der Waals surface area contributed by atoms with E-state index in [4.69, 9.17) is 23.7 Å². The molecule has 10 rings (SSSR count). The number of esters is 2. The van der Waals surface area contributed by atoms with Gasteiger partial charge in [0.25, 0.3) is 0 Å². The van der Waals surface area contributed by atoms with E-state index in [1.54, 1.807) is 68.3 Å². The van der Waals surface area contributed by atoms with Crippen molar-refractivity contribution in [1.29, 1.82) is 0 Å². The Morgan fingerprint density at radius 3 is 2.11 bits per heavy atom. The van der Waals surface area contributed by atoms with Crippen LogP contribution in [0.5, 0.6) is 17.2 Å². The van der Waals surface area contributed by atoms with Crippen molar-refractivity contribution in [1.82, 2.24) is 20.0 Å². The summed E-state index contributed by atoms with van der Waals surface area (Å²) in [6.07, 6.45) is -0.594. The first kappa shape index (κ1) is 54.8. The predicted molar refractivity (Wildman–Crippen MR) is 298 cm³/mol. The summed E-state index contributed by atoms with van der Waals surface area (Å²) >= 11 is 0. The Hall–Kier alpha value is -8.49. The highest BCUT2D eigenvalue weighted by Gasteiger charge is 2.76. The van der Waals surface area contributed by atoms with Gasteiger partial charge in [-0.3, -0.25) is 24.2 Å². The molecule has 2 saturated heterocycles. The molecule has 0 aliphatic carbocycles. The monoisotopic (exact) mass is 1080 g/mol. The highest BCUT2D eigenvalue weighted by atomic mass is 16.6. The van der Waals surface area contributed by atoms with Crippen molar-refractivity contribution in [2.75, 3.05) is 59.6 Å². The molecule has 16 nitrogen and oxygen atoms in total. The first-order valence-electron chi connectivity index (χ1n) is 26.9. The third-order valence-corrected chi connectivity index (χ3v) is 15.8. The van der Waals surface area contributed by atoms with E-state index < -0.39 is 77.3 Å². The molecule has 0 saturated carbocycles. The fraction of sp³-hybridized carbons (Fsp3) is 0.328. The van der Waals surface area contributed by atoms with E-state index in [1.165, 1.54) is 14.2 Å². The second kappa shape index (κ2) is 23.5. The number of carbonyl (C=O) groups excluding carboxylic acids is 5. The van der Waals surface area contributed by atoms with E-state index in [2.05, 4.69) is 22.1 Å². The molecule has 16 heteroatoms. The topological polar surface area (TPSA) is 177 Å². The predicted octanol–water partition coefficient (Wildman–Crippen LogP) is 7.72. The van der Waals surface area contributed by atoms with Gasteiger partial charge in [-0.15, -0.1) is 0 Å². The van der Waals surface area contributed by atoms with Crippen LogP contribution in [-0.4, -0.2) is 116 Å². The number of rotatable bonds is 15. The number of ether oxygens (including phenoxy) is 5. The highest BCUT2D eigenvalue weighted by molar-refractivity contribution is 6.25. The van der Waals surface area contributed by atoms with E-state index in [0.29, 0.717) is 53.3 Å². The summed E-state index contributed by atoms with van der Waals surface area (Å²) in [6.45, 7) is 4.26. The molecule has 4 heterocycles. The second-order valence-corrected chi connectivity index (χ2v) is 20.9. The zero-order valence-electron chi connectivity index (χ0n) is 45.7. The number of hydrogen-bond donors (Lipinski definition) is 2.